The Morgan fingerprint density at radius 3 is 2.63 bits per heavy atom. The van der Waals surface area contributed by atoms with Gasteiger partial charge < -0.3 is 9.47 Å². The molecule has 140 valence electrons. The van der Waals surface area contributed by atoms with Crippen LogP contribution in [0.2, 0.25) is 5.02 Å². The predicted octanol–water partition coefficient (Wildman–Crippen LogP) is 5.09. The predicted molar refractivity (Wildman–Crippen MR) is 110 cm³/mol. The lowest BCUT2D eigenvalue weighted by Crippen LogP contribution is -2.02. The van der Waals surface area contributed by atoms with Gasteiger partial charge in [0.15, 0.2) is 11.0 Å². The number of hydrogen-bond donors (Lipinski definition) is 0. The number of para-hydroxylation sites is 1. The number of halogens is 1. The Bertz CT molecular complexity index is 943. The molecule has 1 aromatic heterocycles. The van der Waals surface area contributed by atoms with Crippen molar-refractivity contribution in [1.82, 2.24) is 14.8 Å². The van der Waals surface area contributed by atoms with Crippen molar-refractivity contribution >= 4 is 23.4 Å². The molecule has 1 heterocycles. The Morgan fingerprint density at radius 2 is 1.89 bits per heavy atom. The molecule has 0 saturated heterocycles. The second-order valence-electron chi connectivity index (χ2n) is 5.65. The molecule has 0 amide bonds. The highest BCUT2D eigenvalue weighted by Gasteiger charge is 2.17. The van der Waals surface area contributed by atoms with Crippen LogP contribution >= 0.6 is 23.4 Å². The molecule has 0 saturated carbocycles. The number of methoxy groups -OCH3 is 2. The molecule has 5 nitrogen and oxygen atoms in total. The van der Waals surface area contributed by atoms with Gasteiger partial charge >= 0.3 is 0 Å². The standard InChI is InChI=1S/C20H20ClN3O2S/c1-4-11-24-19(16-7-5-6-8-18(16)26-3)22-23-20(24)27-13-14-12-15(21)9-10-17(14)25-2/h4-10,12H,1,11,13H2,2-3H3. The fourth-order valence-electron chi connectivity index (χ4n) is 2.72. The Morgan fingerprint density at radius 1 is 1.11 bits per heavy atom. The van der Waals surface area contributed by atoms with Crippen molar-refractivity contribution in [2.24, 2.45) is 0 Å². The smallest absolute Gasteiger partial charge is 0.192 e. The second-order valence-corrected chi connectivity index (χ2v) is 7.03. The zero-order valence-corrected chi connectivity index (χ0v) is 16.8. The highest BCUT2D eigenvalue weighted by atomic mass is 35.5. The van der Waals surface area contributed by atoms with E-state index in [1.54, 1.807) is 26.0 Å². The lowest BCUT2D eigenvalue weighted by molar-refractivity contribution is 0.411. The number of rotatable bonds is 8. The fraction of sp³-hybridized carbons (Fsp3) is 0.200. The van der Waals surface area contributed by atoms with Crippen molar-refractivity contribution in [3.05, 3.63) is 65.7 Å². The van der Waals surface area contributed by atoms with E-state index in [0.717, 1.165) is 33.6 Å². The van der Waals surface area contributed by atoms with E-state index in [-0.39, 0.29) is 0 Å². The van der Waals surface area contributed by atoms with Gasteiger partial charge in [-0.05, 0) is 30.3 Å². The highest BCUT2D eigenvalue weighted by Crippen LogP contribution is 2.33. The first-order chi connectivity index (χ1) is 13.2. The summed E-state index contributed by atoms with van der Waals surface area (Å²) in [4.78, 5) is 0. The van der Waals surface area contributed by atoms with Crippen LogP contribution < -0.4 is 9.47 Å². The molecule has 0 unspecified atom stereocenters. The van der Waals surface area contributed by atoms with Crippen LogP contribution in [-0.4, -0.2) is 29.0 Å². The van der Waals surface area contributed by atoms with Crippen molar-refractivity contribution in [3.8, 4) is 22.9 Å². The summed E-state index contributed by atoms with van der Waals surface area (Å²) in [6, 6.07) is 13.3. The van der Waals surface area contributed by atoms with Crippen LogP contribution in [0.25, 0.3) is 11.4 Å². The monoisotopic (exact) mass is 401 g/mol. The summed E-state index contributed by atoms with van der Waals surface area (Å²) in [5.74, 6) is 2.95. The van der Waals surface area contributed by atoms with E-state index in [2.05, 4.69) is 16.8 Å². The zero-order valence-electron chi connectivity index (χ0n) is 15.2. The maximum Gasteiger partial charge on any atom is 0.192 e. The summed E-state index contributed by atoms with van der Waals surface area (Å²) >= 11 is 7.70. The number of nitrogens with zero attached hydrogens (tertiary/aromatic N) is 3. The van der Waals surface area contributed by atoms with Gasteiger partial charge in [0.1, 0.15) is 11.5 Å². The zero-order chi connectivity index (χ0) is 19.2. The van der Waals surface area contributed by atoms with E-state index in [4.69, 9.17) is 21.1 Å². The van der Waals surface area contributed by atoms with Crippen molar-refractivity contribution in [3.63, 3.8) is 0 Å². The fourth-order valence-corrected chi connectivity index (χ4v) is 3.84. The van der Waals surface area contributed by atoms with Gasteiger partial charge in [-0.2, -0.15) is 0 Å². The summed E-state index contributed by atoms with van der Waals surface area (Å²) in [6.45, 7) is 4.45. The van der Waals surface area contributed by atoms with Crippen molar-refractivity contribution < 1.29 is 9.47 Å². The average molecular weight is 402 g/mol. The normalized spacial score (nSPS) is 10.6. The summed E-state index contributed by atoms with van der Waals surface area (Å²) in [6.07, 6.45) is 1.83. The molecule has 0 aliphatic heterocycles. The molecule has 0 N–H and O–H groups in total. The highest BCUT2D eigenvalue weighted by molar-refractivity contribution is 7.98. The van der Waals surface area contributed by atoms with E-state index in [9.17, 15) is 0 Å². The molecular weight excluding hydrogens is 382 g/mol. The van der Waals surface area contributed by atoms with E-state index >= 15 is 0 Å². The van der Waals surface area contributed by atoms with Gasteiger partial charge in [-0.25, -0.2) is 0 Å². The Hall–Kier alpha value is -2.44. The molecule has 0 radical (unpaired) electrons. The molecule has 3 rings (SSSR count). The summed E-state index contributed by atoms with van der Waals surface area (Å²) < 4.78 is 12.9. The van der Waals surface area contributed by atoms with Crippen LogP contribution in [0.5, 0.6) is 11.5 Å². The van der Waals surface area contributed by atoms with Crippen molar-refractivity contribution in [2.45, 2.75) is 17.5 Å². The molecule has 0 spiro atoms. The number of thioether (sulfide) groups is 1. The Balaban J connectivity index is 1.92. The lowest BCUT2D eigenvalue weighted by Gasteiger charge is -2.11. The number of benzene rings is 2. The SMILES string of the molecule is C=CCn1c(SCc2cc(Cl)ccc2OC)nnc1-c1ccccc1OC. The third-order valence-corrected chi connectivity index (χ3v) is 5.23. The topological polar surface area (TPSA) is 49.2 Å². The van der Waals surface area contributed by atoms with Gasteiger partial charge in [-0.1, -0.05) is 41.6 Å². The minimum atomic E-state index is 0.593. The van der Waals surface area contributed by atoms with Gasteiger partial charge in [-0.3, -0.25) is 4.57 Å². The molecule has 3 aromatic rings. The van der Waals surface area contributed by atoms with Crippen molar-refractivity contribution in [1.29, 1.82) is 0 Å². The van der Waals surface area contributed by atoms with Crippen LogP contribution in [0.15, 0.2) is 60.3 Å². The van der Waals surface area contributed by atoms with Crippen LogP contribution in [0, 0.1) is 0 Å². The Kier molecular flexibility index (Phi) is 6.42. The summed E-state index contributed by atoms with van der Waals surface area (Å²) in [5.41, 5.74) is 1.89. The summed E-state index contributed by atoms with van der Waals surface area (Å²) in [7, 11) is 3.30. The first kappa shape index (κ1) is 19.3. The second kappa shape index (κ2) is 8.97. The molecule has 0 fully saturated rings. The molecule has 0 aliphatic carbocycles. The average Bonchev–Trinajstić information content (AvgIpc) is 3.09. The third kappa shape index (κ3) is 4.28. The Labute approximate surface area is 168 Å². The minimum Gasteiger partial charge on any atom is -0.496 e. The molecular formula is C20H20ClN3O2S. The van der Waals surface area contributed by atoms with Crippen LogP contribution in [-0.2, 0) is 12.3 Å². The van der Waals surface area contributed by atoms with Gasteiger partial charge in [0.05, 0.1) is 19.8 Å². The molecule has 0 atom stereocenters. The van der Waals surface area contributed by atoms with Gasteiger partial charge in [0.2, 0.25) is 0 Å². The number of allylic oxidation sites excluding steroid dienone is 1. The van der Waals surface area contributed by atoms with E-state index in [1.807, 2.05) is 53.1 Å². The maximum atomic E-state index is 6.13. The van der Waals surface area contributed by atoms with Crippen LogP contribution in [0.1, 0.15) is 5.56 Å². The molecule has 0 bridgehead atoms. The van der Waals surface area contributed by atoms with E-state index in [0.29, 0.717) is 17.3 Å². The molecule has 2 aromatic carbocycles. The van der Waals surface area contributed by atoms with E-state index < -0.39 is 0 Å². The first-order valence-electron chi connectivity index (χ1n) is 8.30. The molecule has 7 heteroatoms. The largest absolute Gasteiger partial charge is 0.496 e. The summed E-state index contributed by atoms with van der Waals surface area (Å²) in [5, 5.41) is 10.2. The van der Waals surface area contributed by atoms with Crippen molar-refractivity contribution in [2.75, 3.05) is 14.2 Å². The number of aromatic nitrogens is 3. The maximum absolute atomic E-state index is 6.13. The first-order valence-corrected chi connectivity index (χ1v) is 9.67. The lowest BCUT2D eigenvalue weighted by atomic mass is 10.2. The van der Waals surface area contributed by atoms with Gasteiger partial charge in [-0.15, -0.1) is 16.8 Å². The number of hydrogen-bond acceptors (Lipinski definition) is 5. The minimum absolute atomic E-state index is 0.593. The third-order valence-electron chi connectivity index (χ3n) is 3.98. The van der Waals surface area contributed by atoms with Crippen LogP contribution in [0.3, 0.4) is 0 Å². The molecule has 27 heavy (non-hydrogen) atoms. The number of ether oxygens (including phenoxy) is 2. The van der Waals surface area contributed by atoms with Crippen LogP contribution in [0.4, 0.5) is 0 Å². The molecule has 0 aliphatic rings. The quantitative estimate of drug-likeness (QED) is 0.388. The van der Waals surface area contributed by atoms with E-state index in [1.165, 1.54) is 0 Å². The van der Waals surface area contributed by atoms with Gasteiger partial charge in [0, 0.05) is 22.9 Å². The van der Waals surface area contributed by atoms with Gasteiger partial charge in [0.25, 0.3) is 0 Å².